The third-order valence-electron chi connectivity index (χ3n) is 3.00. The van der Waals surface area contributed by atoms with Crippen molar-refractivity contribution in [2.75, 3.05) is 12.4 Å². The summed E-state index contributed by atoms with van der Waals surface area (Å²) in [6.45, 7) is 4.01. The lowest BCUT2D eigenvalue weighted by atomic mass is 9.99. The van der Waals surface area contributed by atoms with Crippen LogP contribution in [0.3, 0.4) is 0 Å². The van der Waals surface area contributed by atoms with Crippen LogP contribution in [0.25, 0.3) is 0 Å². The summed E-state index contributed by atoms with van der Waals surface area (Å²) in [5, 5.41) is 3.06. The maximum atomic E-state index is 12.4. The number of carbonyl (C=O) groups is 1. The molecule has 0 fully saturated rings. The highest BCUT2D eigenvalue weighted by Crippen LogP contribution is 2.20. The van der Waals surface area contributed by atoms with Crippen molar-refractivity contribution in [2.45, 2.75) is 13.8 Å². The van der Waals surface area contributed by atoms with Gasteiger partial charge in [0.1, 0.15) is 0 Å². The summed E-state index contributed by atoms with van der Waals surface area (Å²) in [5.74, 6) is 0.0584. The molecule has 2 aromatic carbocycles. The fourth-order valence-corrected chi connectivity index (χ4v) is 1.92. The van der Waals surface area contributed by atoms with E-state index in [9.17, 15) is 4.79 Å². The maximum Gasteiger partial charge on any atom is 0.195 e. The van der Waals surface area contributed by atoms with Crippen molar-refractivity contribution < 1.29 is 4.79 Å². The predicted molar refractivity (Wildman–Crippen MR) is 75.3 cm³/mol. The summed E-state index contributed by atoms with van der Waals surface area (Å²) in [7, 11) is 1.83. The van der Waals surface area contributed by atoms with E-state index in [1.54, 1.807) is 0 Å². The average molecular weight is 239 g/mol. The summed E-state index contributed by atoms with van der Waals surface area (Å²) in [4.78, 5) is 12.4. The molecule has 2 nitrogen and oxygen atoms in total. The molecule has 0 saturated heterocycles. The van der Waals surface area contributed by atoms with Crippen LogP contribution in [0, 0.1) is 13.8 Å². The Labute approximate surface area is 108 Å². The predicted octanol–water partition coefficient (Wildman–Crippen LogP) is 3.58. The second-order valence-electron chi connectivity index (χ2n) is 4.49. The van der Waals surface area contributed by atoms with Gasteiger partial charge in [0.25, 0.3) is 0 Å². The van der Waals surface area contributed by atoms with Crippen LogP contribution >= 0.6 is 0 Å². The molecule has 2 rings (SSSR count). The van der Waals surface area contributed by atoms with Crippen LogP contribution < -0.4 is 5.32 Å². The van der Waals surface area contributed by atoms with Crippen LogP contribution in [0.4, 0.5) is 5.69 Å². The molecular weight excluding hydrogens is 222 g/mol. The summed E-state index contributed by atoms with van der Waals surface area (Å²) in [5.41, 5.74) is 4.56. The molecule has 18 heavy (non-hydrogen) atoms. The van der Waals surface area contributed by atoms with Crippen LogP contribution in [-0.4, -0.2) is 12.8 Å². The first-order chi connectivity index (χ1) is 8.61. The Morgan fingerprint density at radius 2 is 1.56 bits per heavy atom. The lowest BCUT2D eigenvalue weighted by Crippen LogP contribution is -2.06. The SMILES string of the molecule is CNc1ccc(C)cc1C(=O)c1ccc(C)cc1. The Morgan fingerprint density at radius 1 is 0.944 bits per heavy atom. The first kappa shape index (κ1) is 12.4. The molecule has 0 amide bonds. The number of ketones is 1. The van der Waals surface area contributed by atoms with Crippen LogP contribution in [-0.2, 0) is 0 Å². The van der Waals surface area contributed by atoms with Gasteiger partial charge in [0.2, 0.25) is 0 Å². The van der Waals surface area contributed by atoms with Gasteiger partial charge in [0, 0.05) is 23.9 Å². The van der Waals surface area contributed by atoms with E-state index in [2.05, 4.69) is 5.32 Å². The number of benzene rings is 2. The summed E-state index contributed by atoms with van der Waals surface area (Å²) >= 11 is 0. The van der Waals surface area contributed by atoms with Gasteiger partial charge in [0.15, 0.2) is 5.78 Å². The van der Waals surface area contributed by atoms with Gasteiger partial charge in [-0.3, -0.25) is 4.79 Å². The zero-order chi connectivity index (χ0) is 13.1. The molecule has 2 aromatic rings. The molecule has 92 valence electrons. The average Bonchev–Trinajstić information content (AvgIpc) is 2.39. The Kier molecular flexibility index (Phi) is 3.47. The maximum absolute atomic E-state index is 12.4. The molecule has 0 atom stereocenters. The van der Waals surface area contributed by atoms with Crippen LogP contribution in [0.15, 0.2) is 42.5 Å². The van der Waals surface area contributed by atoms with Gasteiger partial charge < -0.3 is 5.32 Å². The van der Waals surface area contributed by atoms with E-state index < -0.39 is 0 Å². The summed E-state index contributed by atoms with van der Waals surface area (Å²) in [6, 6.07) is 13.5. The number of rotatable bonds is 3. The van der Waals surface area contributed by atoms with E-state index in [0.717, 1.165) is 27.9 Å². The number of hydrogen-bond donors (Lipinski definition) is 1. The van der Waals surface area contributed by atoms with Crippen molar-refractivity contribution >= 4 is 11.5 Å². The van der Waals surface area contributed by atoms with Gasteiger partial charge in [0.05, 0.1) is 0 Å². The van der Waals surface area contributed by atoms with Crippen LogP contribution in [0.2, 0.25) is 0 Å². The Balaban J connectivity index is 2.45. The highest BCUT2D eigenvalue weighted by atomic mass is 16.1. The molecule has 0 radical (unpaired) electrons. The van der Waals surface area contributed by atoms with Gasteiger partial charge in [-0.15, -0.1) is 0 Å². The Hall–Kier alpha value is -2.09. The molecular formula is C16H17NO. The molecule has 2 heteroatoms. The van der Waals surface area contributed by atoms with Gasteiger partial charge in [-0.1, -0.05) is 41.5 Å². The monoisotopic (exact) mass is 239 g/mol. The fourth-order valence-electron chi connectivity index (χ4n) is 1.92. The Morgan fingerprint density at radius 3 is 2.17 bits per heavy atom. The minimum absolute atomic E-state index is 0.0584. The topological polar surface area (TPSA) is 29.1 Å². The molecule has 0 saturated carbocycles. The van der Waals surface area contributed by atoms with E-state index in [-0.39, 0.29) is 5.78 Å². The third kappa shape index (κ3) is 2.43. The highest BCUT2D eigenvalue weighted by molar-refractivity contribution is 6.12. The van der Waals surface area contributed by atoms with E-state index in [1.165, 1.54) is 0 Å². The van der Waals surface area contributed by atoms with Crippen molar-refractivity contribution in [1.29, 1.82) is 0 Å². The highest BCUT2D eigenvalue weighted by Gasteiger charge is 2.13. The summed E-state index contributed by atoms with van der Waals surface area (Å²) in [6.07, 6.45) is 0. The van der Waals surface area contributed by atoms with E-state index in [4.69, 9.17) is 0 Å². The summed E-state index contributed by atoms with van der Waals surface area (Å²) < 4.78 is 0. The van der Waals surface area contributed by atoms with Crippen LogP contribution in [0.5, 0.6) is 0 Å². The van der Waals surface area contributed by atoms with Gasteiger partial charge in [-0.25, -0.2) is 0 Å². The van der Waals surface area contributed by atoms with Crippen molar-refractivity contribution in [3.05, 3.63) is 64.7 Å². The van der Waals surface area contributed by atoms with Crippen molar-refractivity contribution in [1.82, 2.24) is 0 Å². The lowest BCUT2D eigenvalue weighted by Gasteiger charge is -2.09. The van der Waals surface area contributed by atoms with Crippen molar-refractivity contribution in [3.63, 3.8) is 0 Å². The molecule has 1 N–H and O–H groups in total. The molecule has 0 spiro atoms. The van der Waals surface area contributed by atoms with Gasteiger partial charge in [-0.2, -0.15) is 0 Å². The van der Waals surface area contributed by atoms with E-state index >= 15 is 0 Å². The van der Waals surface area contributed by atoms with E-state index in [1.807, 2.05) is 63.4 Å². The van der Waals surface area contributed by atoms with Crippen molar-refractivity contribution in [2.24, 2.45) is 0 Å². The van der Waals surface area contributed by atoms with E-state index in [0.29, 0.717) is 0 Å². The molecule has 0 unspecified atom stereocenters. The minimum Gasteiger partial charge on any atom is -0.388 e. The van der Waals surface area contributed by atoms with Gasteiger partial charge >= 0.3 is 0 Å². The number of aryl methyl sites for hydroxylation is 2. The van der Waals surface area contributed by atoms with Crippen LogP contribution in [0.1, 0.15) is 27.0 Å². The number of hydrogen-bond acceptors (Lipinski definition) is 2. The minimum atomic E-state index is 0.0584. The standard InChI is InChI=1S/C16H17NO/c1-11-4-7-13(8-5-11)16(18)14-10-12(2)6-9-15(14)17-3/h4-10,17H,1-3H3. The second kappa shape index (κ2) is 5.05. The zero-order valence-electron chi connectivity index (χ0n) is 10.9. The normalized spacial score (nSPS) is 10.2. The second-order valence-corrected chi connectivity index (χ2v) is 4.49. The van der Waals surface area contributed by atoms with Crippen molar-refractivity contribution in [3.8, 4) is 0 Å². The number of carbonyl (C=O) groups excluding carboxylic acids is 1. The lowest BCUT2D eigenvalue weighted by molar-refractivity contribution is 0.103. The quantitative estimate of drug-likeness (QED) is 0.829. The molecule has 0 aliphatic heterocycles. The fraction of sp³-hybridized carbons (Fsp3) is 0.188. The molecule has 0 heterocycles. The molecule has 0 aliphatic carbocycles. The first-order valence-corrected chi connectivity index (χ1v) is 6.01. The van der Waals surface area contributed by atoms with Gasteiger partial charge in [-0.05, 0) is 26.0 Å². The first-order valence-electron chi connectivity index (χ1n) is 6.01. The number of anilines is 1. The Bertz CT molecular complexity index is 570. The number of nitrogens with one attached hydrogen (secondary N) is 1. The third-order valence-corrected chi connectivity index (χ3v) is 3.00. The molecule has 0 bridgehead atoms. The largest absolute Gasteiger partial charge is 0.388 e. The smallest absolute Gasteiger partial charge is 0.195 e. The molecule has 0 aliphatic rings. The molecule has 0 aromatic heterocycles. The zero-order valence-corrected chi connectivity index (χ0v) is 10.9.